The zero-order valence-corrected chi connectivity index (χ0v) is 13.2. The average Bonchev–Trinajstić information content (AvgIpc) is 3.03. The number of carbonyl (C=O) groups excluding carboxylic acids is 1. The quantitative estimate of drug-likeness (QED) is 0.691. The third-order valence-electron chi connectivity index (χ3n) is 3.90. The highest BCUT2D eigenvalue weighted by Gasteiger charge is 2.18. The number of benzene rings is 1. The highest BCUT2D eigenvalue weighted by molar-refractivity contribution is 5.95. The van der Waals surface area contributed by atoms with Crippen LogP contribution in [0.15, 0.2) is 42.6 Å². The maximum absolute atomic E-state index is 12.2. The molecule has 0 saturated heterocycles. The fourth-order valence-electron chi connectivity index (χ4n) is 2.69. The minimum Gasteiger partial charge on any atom is -0.461 e. The first-order valence-electron chi connectivity index (χ1n) is 7.47. The summed E-state index contributed by atoms with van der Waals surface area (Å²) in [6.07, 6.45) is 2.01. The Balaban J connectivity index is 2.06. The van der Waals surface area contributed by atoms with Crippen LogP contribution in [-0.2, 0) is 18.3 Å². The maximum Gasteiger partial charge on any atom is 0.355 e. The van der Waals surface area contributed by atoms with Gasteiger partial charge >= 0.3 is 5.97 Å². The average molecular weight is 296 g/mol. The van der Waals surface area contributed by atoms with Gasteiger partial charge in [-0.05, 0) is 31.5 Å². The molecule has 0 unspecified atom stereocenters. The molecular weight excluding hydrogens is 276 g/mol. The number of hydrogen-bond acceptors (Lipinski definition) is 2. The van der Waals surface area contributed by atoms with Crippen molar-refractivity contribution in [3.8, 4) is 0 Å². The minimum atomic E-state index is -0.272. The molecule has 2 aromatic heterocycles. The van der Waals surface area contributed by atoms with E-state index in [1.54, 1.807) is 0 Å². The number of hydrogen-bond donors (Lipinski definition) is 0. The molecule has 0 bridgehead atoms. The molecule has 22 heavy (non-hydrogen) atoms. The molecule has 0 radical (unpaired) electrons. The molecule has 0 fully saturated rings. The second-order valence-electron chi connectivity index (χ2n) is 5.52. The fourth-order valence-corrected chi connectivity index (χ4v) is 2.69. The van der Waals surface area contributed by atoms with E-state index in [1.807, 2.05) is 41.4 Å². The lowest BCUT2D eigenvalue weighted by atomic mass is 10.1. The Morgan fingerprint density at radius 2 is 1.86 bits per heavy atom. The van der Waals surface area contributed by atoms with Gasteiger partial charge in [-0.3, -0.25) is 0 Å². The molecule has 0 aliphatic carbocycles. The monoisotopic (exact) mass is 296 g/mol. The van der Waals surface area contributed by atoms with Gasteiger partial charge in [-0.2, -0.15) is 0 Å². The molecule has 0 spiro atoms. The zero-order chi connectivity index (χ0) is 15.7. The Hall–Kier alpha value is -2.49. The number of rotatable bonds is 4. The predicted molar refractivity (Wildman–Crippen MR) is 87.1 cm³/mol. The molecule has 0 aliphatic rings. The molecule has 114 valence electrons. The predicted octanol–water partition coefficient (Wildman–Crippen LogP) is 3.51. The van der Waals surface area contributed by atoms with Gasteiger partial charge in [0, 0.05) is 19.8 Å². The molecular formula is C18H20N2O2. The lowest BCUT2D eigenvalue weighted by molar-refractivity contribution is 0.0515. The van der Waals surface area contributed by atoms with Crippen molar-refractivity contribution in [1.29, 1.82) is 0 Å². The number of carbonyl (C=O) groups is 1. The van der Waals surface area contributed by atoms with E-state index in [2.05, 4.69) is 31.2 Å². The molecule has 1 aromatic carbocycles. The fraction of sp³-hybridized carbons (Fsp3) is 0.278. The van der Waals surface area contributed by atoms with Gasteiger partial charge in [-0.15, -0.1) is 0 Å². The summed E-state index contributed by atoms with van der Waals surface area (Å²) in [7, 11) is 1.98. The van der Waals surface area contributed by atoms with Crippen molar-refractivity contribution in [2.45, 2.75) is 20.4 Å². The number of fused-ring (bicyclic) bond motifs is 1. The van der Waals surface area contributed by atoms with Crippen molar-refractivity contribution in [3.05, 3.63) is 59.4 Å². The van der Waals surface area contributed by atoms with Crippen molar-refractivity contribution < 1.29 is 9.53 Å². The van der Waals surface area contributed by atoms with Crippen molar-refractivity contribution in [1.82, 2.24) is 9.13 Å². The molecule has 0 aliphatic heterocycles. The van der Waals surface area contributed by atoms with Crippen LogP contribution in [-0.4, -0.2) is 21.7 Å². The summed E-state index contributed by atoms with van der Waals surface area (Å²) in [5.41, 5.74) is 5.08. The third-order valence-corrected chi connectivity index (χ3v) is 3.90. The first kappa shape index (κ1) is 14.4. The summed E-state index contributed by atoms with van der Waals surface area (Å²) in [4.78, 5) is 12.2. The number of aryl methyl sites for hydroxylation is 2. The summed E-state index contributed by atoms with van der Waals surface area (Å²) < 4.78 is 9.24. The highest BCUT2D eigenvalue weighted by atomic mass is 16.5. The topological polar surface area (TPSA) is 36.2 Å². The van der Waals surface area contributed by atoms with Gasteiger partial charge in [0.25, 0.3) is 0 Å². The van der Waals surface area contributed by atoms with Gasteiger partial charge < -0.3 is 13.9 Å². The van der Waals surface area contributed by atoms with E-state index in [9.17, 15) is 4.79 Å². The molecule has 0 atom stereocenters. The molecule has 0 saturated carbocycles. The Bertz CT molecular complexity index is 810. The van der Waals surface area contributed by atoms with Crippen LogP contribution in [0.5, 0.6) is 0 Å². The van der Waals surface area contributed by atoms with Gasteiger partial charge in [-0.1, -0.05) is 29.8 Å². The number of esters is 1. The van der Waals surface area contributed by atoms with E-state index in [0.717, 1.165) is 16.6 Å². The van der Waals surface area contributed by atoms with Gasteiger partial charge in [0.15, 0.2) is 0 Å². The Morgan fingerprint density at radius 3 is 2.55 bits per heavy atom. The van der Waals surface area contributed by atoms with Crippen molar-refractivity contribution in [3.63, 3.8) is 0 Å². The second-order valence-corrected chi connectivity index (χ2v) is 5.52. The first-order valence-corrected chi connectivity index (χ1v) is 7.47. The summed E-state index contributed by atoms with van der Waals surface area (Å²) in [5, 5.41) is 0. The Morgan fingerprint density at radius 1 is 1.14 bits per heavy atom. The smallest absolute Gasteiger partial charge is 0.355 e. The number of ether oxygens (including phenoxy) is 1. The zero-order valence-electron chi connectivity index (χ0n) is 13.2. The lowest BCUT2D eigenvalue weighted by Crippen LogP contribution is -2.12. The van der Waals surface area contributed by atoms with Crippen LogP contribution in [0.2, 0.25) is 0 Å². The van der Waals surface area contributed by atoms with Gasteiger partial charge in [0.05, 0.1) is 17.6 Å². The summed E-state index contributed by atoms with van der Waals surface area (Å²) in [5.74, 6) is -0.272. The van der Waals surface area contributed by atoms with Crippen LogP contribution in [0, 0.1) is 6.92 Å². The van der Waals surface area contributed by atoms with Crippen molar-refractivity contribution in [2.75, 3.05) is 6.61 Å². The van der Waals surface area contributed by atoms with Crippen LogP contribution >= 0.6 is 0 Å². The number of aromatic nitrogens is 2. The first-order chi connectivity index (χ1) is 10.6. The molecule has 3 aromatic rings. The Labute approximate surface area is 129 Å². The molecule has 3 rings (SSSR count). The van der Waals surface area contributed by atoms with Crippen LogP contribution in [0.1, 0.15) is 28.5 Å². The largest absolute Gasteiger partial charge is 0.461 e. The Kier molecular flexibility index (Phi) is 3.75. The molecule has 2 heterocycles. The minimum absolute atomic E-state index is 0.272. The summed E-state index contributed by atoms with van der Waals surface area (Å²) in [6, 6.07) is 12.3. The number of nitrogens with zero attached hydrogens (tertiary/aromatic N) is 2. The van der Waals surface area contributed by atoms with Gasteiger partial charge in [0.1, 0.15) is 5.69 Å². The van der Waals surface area contributed by atoms with Crippen molar-refractivity contribution >= 4 is 17.0 Å². The van der Waals surface area contributed by atoms with E-state index >= 15 is 0 Å². The van der Waals surface area contributed by atoms with E-state index in [4.69, 9.17) is 4.74 Å². The highest BCUT2D eigenvalue weighted by Crippen LogP contribution is 2.23. The van der Waals surface area contributed by atoms with Crippen LogP contribution < -0.4 is 0 Å². The lowest BCUT2D eigenvalue weighted by Gasteiger charge is -2.10. The van der Waals surface area contributed by atoms with E-state index in [1.165, 1.54) is 5.56 Å². The SMILES string of the molecule is CCOC(=O)c1cc2c(ccn2C)n1Cc1ccc(C)cc1. The van der Waals surface area contributed by atoms with Crippen molar-refractivity contribution in [2.24, 2.45) is 7.05 Å². The standard InChI is InChI=1S/C18H20N2O2/c1-4-22-18(21)17-11-16-15(9-10-19(16)3)20(17)12-14-7-5-13(2)6-8-14/h5-11H,4,12H2,1-3H3. The van der Waals surface area contributed by atoms with E-state index in [0.29, 0.717) is 18.8 Å². The van der Waals surface area contributed by atoms with Gasteiger partial charge in [0.2, 0.25) is 0 Å². The van der Waals surface area contributed by atoms with Crippen LogP contribution in [0.4, 0.5) is 0 Å². The van der Waals surface area contributed by atoms with E-state index in [-0.39, 0.29) is 5.97 Å². The summed E-state index contributed by atoms with van der Waals surface area (Å²) >= 11 is 0. The molecule has 4 nitrogen and oxygen atoms in total. The molecule has 0 N–H and O–H groups in total. The summed E-state index contributed by atoms with van der Waals surface area (Å²) in [6.45, 7) is 4.93. The second kappa shape index (κ2) is 5.72. The normalized spacial score (nSPS) is 11.0. The molecule has 0 amide bonds. The van der Waals surface area contributed by atoms with Gasteiger partial charge in [-0.25, -0.2) is 4.79 Å². The third kappa shape index (κ3) is 2.52. The maximum atomic E-state index is 12.2. The molecule has 4 heteroatoms. The van der Waals surface area contributed by atoms with E-state index < -0.39 is 0 Å². The van der Waals surface area contributed by atoms with Crippen LogP contribution in [0.25, 0.3) is 11.0 Å². The van der Waals surface area contributed by atoms with Crippen LogP contribution in [0.3, 0.4) is 0 Å².